The molecule has 1 unspecified atom stereocenters. The molecule has 1 aromatic carbocycles. The Morgan fingerprint density at radius 3 is 2.53 bits per heavy atom. The number of hydrogen-bond donors (Lipinski definition) is 2. The van der Waals surface area contributed by atoms with Gasteiger partial charge in [0.1, 0.15) is 11.6 Å². The van der Waals surface area contributed by atoms with E-state index < -0.39 is 0 Å². The number of hydrogen-bond acceptors (Lipinski definition) is 6. The van der Waals surface area contributed by atoms with Crippen molar-refractivity contribution in [2.24, 2.45) is 5.92 Å². The number of rotatable bonds is 6. The monoisotopic (exact) mass is 426 g/mol. The van der Waals surface area contributed by atoms with Gasteiger partial charge in [-0.3, -0.25) is 0 Å². The largest absolute Gasteiger partial charge is 0.383 e. The lowest BCUT2D eigenvalue weighted by atomic mass is 10.0. The molecule has 2 N–H and O–H groups in total. The fourth-order valence-corrected chi connectivity index (χ4v) is 4.30. The highest BCUT2D eigenvalue weighted by atomic mass is 32.1. The maximum absolute atomic E-state index is 5.42. The van der Waals surface area contributed by atoms with E-state index in [9.17, 15) is 0 Å². The number of nitrogens with one attached hydrogen (secondary N) is 2. The van der Waals surface area contributed by atoms with Gasteiger partial charge in [-0.1, -0.05) is 31.2 Å². The summed E-state index contributed by atoms with van der Waals surface area (Å²) in [5.41, 5.74) is 2.71. The first-order valence-corrected chi connectivity index (χ1v) is 11.0. The molecule has 1 fully saturated rings. The van der Waals surface area contributed by atoms with Crippen LogP contribution in [0.1, 0.15) is 30.9 Å². The van der Waals surface area contributed by atoms with Crippen molar-refractivity contribution in [3.05, 3.63) is 41.5 Å². The molecule has 1 atom stereocenters. The minimum Gasteiger partial charge on any atom is -0.383 e. The standard InChI is InChI=1S/C22H30N6OS/c1-16-6-5-10-27(13-16)19-12-20(28-14-17-7-3-4-8-18(17)15-28)25-21(24-19)26-22(30)23-9-11-29-2/h3-4,7-8,12,16H,5-6,9-11,13-15H2,1-2H3,(H2,23,24,25,26,30). The summed E-state index contributed by atoms with van der Waals surface area (Å²) in [6, 6.07) is 10.7. The van der Waals surface area contributed by atoms with Crippen LogP contribution in [0.2, 0.25) is 0 Å². The van der Waals surface area contributed by atoms with Crippen LogP contribution in [0, 0.1) is 5.92 Å². The Hall–Kier alpha value is -2.45. The summed E-state index contributed by atoms with van der Waals surface area (Å²) >= 11 is 5.42. The Labute approximate surface area is 183 Å². The van der Waals surface area contributed by atoms with Crippen LogP contribution in [0.25, 0.3) is 0 Å². The predicted molar refractivity (Wildman–Crippen MR) is 125 cm³/mol. The van der Waals surface area contributed by atoms with Gasteiger partial charge >= 0.3 is 0 Å². The highest BCUT2D eigenvalue weighted by Gasteiger charge is 2.24. The number of ether oxygens (including phenoxy) is 1. The summed E-state index contributed by atoms with van der Waals surface area (Å²) in [6.07, 6.45) is 2.46. The molecule has 30 heavy (non-hydrogen) atoms. The molecule has 1 aromatic heterocycles. The quantitative estimate of drug-likeness (QED) is 0.539. The second kappa shape index (κ2) is 9.57. The minimum atomic E-state index is 0.506. The molecule has 0 amide bonds. The van der Waals surface area contributed by atoms with Gasteiger partial charge in [-0.25, -0.2) is 0 Å². The fraction of sp³-hybridized carbons (Fsp3) is 0.500. The zero-order chi connectivity index (χ0) is 20.9. The Kier molecular flexibility index (Phi) is 6.64. The summed E-state index contributed by atoms with van der Waals surface area (Å²) < 4.78 is 5.07. The number of fused-ring (bicyclic) bond motifs is 1. The Bertz CT molecular complexity index is 867. The van der Waals surface area contributed by atoms with Crippen molar-refractivity contribution in [2.75, 3.05) is 48.5 Å². The van der Waals surface area contributed by atoms with Crippen molar-refractivity contribution >= 4 is 34.9 Å². The van der Waals surface area contributed by atoms with E-state index in [0.717, 1.165) is 37.8 Å². The zero-order valence-electron chi connectivity index (χ0n) is 17.7. The van der Waals surface area contributed by atoms with Crippen LogP contribution in [0.5, 0.6) is 0 Å². The first-order valence-electron chi connectivity index (χ1n) is 10.6. The van der Waals surface area contributed by atoms with E-state index in [1.54, 1.807) is 7.11 Å². The van der Waals surface area contributed by atoms with Crippen LogP contribution < -0.4 is 20.4 Å². The minimum absolute atomic E-state index is 0.506. The molecule has 8 heteroatoms. The number of piperidine rings is 1. The maximum atomic E-state index is 5.42. The highest BCUT2D eigenvalue weighted by Crippen LogP contribution is 2.31. The van der Waals surface area contributed by atoms with Crippen LogP contribution in [0.15, 0.2) is 30.3 Å². The molecular formula is C22H30N6OS. The molecule has 3 heterocycles. The van der Waals surface area contributed by atoms with Crippen LogP contribution in [-0.4, -0.2) is 48.4 Å². The highest BCUT2D eigenvalue weighted by molar-refractivity contribution is 7.80. The maximum Gasteiger partial charge on any atom is 0.232 e. The van der Waals surface area contributed by atoms with Gasteiger partial charge in [0.25, 0.3) is 0 Å². The summed E-state index contributed by atoms with van der Waals surface area (Å²) in [5.74, 6) is 3.09. The van der Waals surface area contributed by atoms with Gasteiger partial charge in [-0.05, 0) is 42.1 Å². The first kappa shape index (κ1) is 20.8. The number of aromatic nitrogens is 2. The lowest BCUT2D eigenvalue weighted by molar-refractivity contribution is 0.204. The second-order valence-corrected chi connectivity index (χ2v) is 8.51. The molecule has 160 valence electrons. The summed E-state index contributed by atoms with van der Waals surface area (Å²) in [5, 5.41) is 6.80. The molecule has 0 bridgehead atoms. The van der Waals surface area contributed by atoms with Crippen molar-refractivity contribution in [1.29, 1.82) is 0 Å². The van der Waals surface area contributed by atoms with Gasteiger partial charge in [0.05, 0.1) is 6.61 Å². The molecule has 0 spiro atoms. The Morgan fingerprint density at radius 1 is 1.17 bits per heavy atom. The number of nitrogens with zero attached hydrogens (tertiary/aromatic N) is 4. The predicted octanol–water partition coefficient (Wildman–Crippen LogP) is 3.17. The number of anilines is 3. The molecule has 0 aliphatic carbocycles. The Balaban J connectivity index is 1.57. The van der Waals surface area contributed by atoms with E-state index in [1.165, 1.54) is 24.0 Å². The number of thiocarbonyl (C=S) groups is 1. The lowest BCUT2D eigenvalue weighted by Crippen LogP contribution is -2.36. The van der Waals surface area contributed by atoms with E-state index in [1.807, 2.05) is 0 Å². The molecule has 2 aliphatic rings. The normalized spacial score (nSPS) is 18.3. The second-order valence-electron chi connectivity index (χ2n) is 8.10. The molecule has 2 aromatic rings. The van der Waals surface area contributed by atoms with Crippen LogP contribution in [-0.2, 0) is 17.8 Å². The van der Waals surface area contributed by atoms with E-state index >= 15 is 0 Å². The third kappa shape index (κ3) is 4.99. The molecule has 1 saturated heterocycles. The number of methoxy groups -OCH3 is 1. The van der Waals surface area contributed by atoms with Crippen LogP contribution in [0.3, 0.4) is 0 Å². The van der Waals surface area contributed by atoms with Crippen LogP contribution >= 0.6 is 12.2 Å². The van der Waals surface area contributed by atoms with Crippen molar-refractivity contribution in [3.8, 4) is 0 Å². The Morgan fingerprint density at radius 2 is 1.87 bits per heavy atom. The van der Waals surface area contributed by atoms with Gasteiger partial charge in [-0.2, -0.15) is 9.97 Å². The molecule has 7 nitrogen and oxygen atoms in total. The van der Waals surface area contributed by atoms with Gasteiger partial charge in [-0.15, -0.1) is 0 Å². The molecule has 4 rings (SSSR count). The van der Waals surface area contributed by atoms with E-state index in [2.05, 4.69) is 57.7 Å². The van der Waals surface area contributed by atoms with E-state index in [4.69, 9.17) is 26.9 Å². The zero-order valence-corrected chi connectivity index (χ0v) is 18.5. The topological polar surface area (TPSA) is 65.6 Å². The molecule has 2 aliphatic heterocycles. The van der Waals surface area contributed by atoms with Crippen LogP contribution in [0.4, 0.5) is 17.6 Å². The average molecular weight is 427 g/mol. The van der Waals surface area contributed by atoms with E-state index in [0.29, 0.717) is 30.1 Å². The molecule has 0 radical (unpaired) electrons. The van der Waals surface area contributed by atoms with Gasteiger partial charge in [0.15, 0.2) is 5.11 Å². The molecule has 0 saturated carbocycles. The third-order valence-electron chi connectivity index (χ3n) is 5.66. The van der Waals surface area contributed by atoms with E-state index in [-0.39, 0.29) is 0 Å². The fourth-order valence-electron chi connectivity index (χ4n) is 4.11. The van der Waals surface area contributed by atoms with Gasteiger partial charge < -0.3 is 25.2 Å². The van der Waals surface area contributed by atoms with Crippen molar-refractivity contribution in [1.82, 2.24) is 15.3 Å². The summed E-state index contributed by atoms with van der Waals surface area (Å²) in [4.78, 5) is 14.3. The van der Waals surface area contributed by atoms with Gasteiger partial charge in [0.2, 0.25) is 5.95 Å². The smallest absolute Gasteiger partial charge is 0.232 e. The lowest BCUT2D eigenvalue weighted by Gasteiger charge is -2.32. The number of benzene rings is 1. The average Bonchev–Trinajstić information content (AvgIpc) is 3.18. The van der Waals surface area contributed by atoms with Crippen molar-refractivity contribution in [2.45, 2.75) is 32.9 Å². The van der Waals surface area contributed by atoms with Crippen molar-refractivity contribution < 1.29 is 4.74 Å². The van der Waals surface area contributed by atoms with Crippen molar-refractivity contribution in [3.63, 3.8) is 0 Å². The third-order valence-corrected chi connectivity index (χ3v) is 5.91. The summed E-state index contributed by atoms with van der Waals surface area (Å²) in [7, 11) is 1.67. The molecular weight excluding hydrogens is 396 g/mol. The SMILES string of the molecule is COCCNC(=S)Nc1nc(N2Cc3ccccc3C2)cc(N2CCCC(C)C2)n1. The first-order chi connectivity index (χ1) is 14.6. The van der Waals surface area contributed by atoms with Gasteiger partial charge in [0, 0.05) is 45.9 Å². The summed E-state index contributed by atoms with van der Waals surface area (Å²) in [6.45, 7) is 7.30.